The van der Waals surface area contributed by atoms with Gasteiger partial charge >= 0.3 is 49.7 Å². The molecule has 0 radical (unpaired) electrons. The normalized spacial score (nSPS) is 12.2. The van der Waals surface area contributed by atoms with Crippen LogP contribution in [0, 0.1) is 0 Å². The van der Waals surface area contributed by atoms with E-state index in [4.69, 9.17) is 14.4 Å². The summed E-state index contributed by atoms with van der Waals surface area (Å²) in [6.07, 6.45) is 11.5. The molecule has 9 heteroatoms. The molecular formula is C17H34CaO7S. The fraction of sp³-hybridized carbons (Fsp3) is 0.882. The van der Waals surface area contributed by atoms with Gasteiger partial charge in [-0.3, -0.25) is 14.1 Å². The number of unbranched alkanes of at least 4 members (excludes halogenated alkanes) is 10. The van der Waals surface area contributed by atoms with Crippen molar-refractivity contribution in [2.24, 2.45) is 0 Å². The van der Waals surface area contributed by atoms with E-state index in [-0.39, 0.29) is 44.3 Å². The molecule has 0 amide bonds. The minimum absolute atomic E-state index is 0. The number of aliphatic carboxylic acids is 1. The molecule has 0 aliphatic heterocycles. The van der Waals surface area contributed by atoms with Crippen LogP contribution in [0.25, 0.3) is 0 Å². The maximum atomic E-state index is 11.6. The van der Waals surface area contributed by atoms with E-state index in [1.807, 2.05) is 0 Å². The molecule has 0 heterocycles. The first kappa shape index (κ1) is 28.3. The van der Waals surface area contributed by atoms with Gasteiger partial charge in [0.05, 0.1) is 13.0 Å². The maximum absolute atomic E-state index is 11.6. The Morgan fingerprint density at radius 2 is 1.31 bits per heavy atom. The molecule has 0 bridgehead atoms. The zero-order valence-corrected chi connectivity index (χ0v) is 15.9. The summed E-state index contributed by atoms with van der Waals surface area (Å²) in [7, 11) is -4.78. The Balaban J connectivity index is 0. The Hall–Kier alpha value is 0.110. The van der Waals surface area contributed by atoms with Crippen molar-refractivity contribution in [3.8, 4) is 0 Å². The molecule has 2 N–H and O–H groups in total. The molecule has 26 heavy (non-hydrogen) atoms. The van der Waals surface area contributed by atoms with E-state index in [1.165, 1.54) is 44.9 Å². The first-order chi connectivity index (χ1) is 11.8. The quantitative estimate of drug-likeness (QED) is 0.170. The number of hydrogen-bond acceptors (Lipinski definition) is 5. The van der Waals surface area contributed by atoms with Crippen LogP contribution in [0.2, 0.25) is 0 Å². The fourth-order valence-electron chi connectivity index (χ4n) is 2.50. The number of rotatable bonds is 16. The third-order valence-electron chi connectivity index (χ3n) is 3.97. The van der Waals surface area contributed by atoms with Crippen LogP contribution >= 0.6 is 0 Å². The molecule has 152 valence electrons. The van der Waals surface area contributed by atoms with Crippen molar-refractivity contribution in [3.05, 3.63) is 0 Å². The summed E-state index contributed by atoms with van der Waals surface area (Å²) in [6.45, 7) is 2.23. The number of carbonyl (C=O) groups excluding carboxylic acids is 1. The Bertz CT molecular complexity index is 480. The van der Waals surface area contributed by atoms with Crippen molar-refractivity contribution >= 4 is 59.8 Å². The second-order valence-corrected chi connectivity index (χ2v) is 7.90. The van der Waals surface area contributed by atoms with Crippen molar-refractivity contribution in [1.82, 2.24) is 0 Å². The molecule has 0 rings (SSSR count). The second kappa shape index (κ2) is 17.2. The molecule has 7 nitrogen and oxygen atoms in total. The predicted octanol–water partition coefficient (Wildman–Crippen LogP) is 2.66. The zero-order valence-electron chi connectivity index (χ0n) is 15.1. The van der Waals surface area contributed by atoms with Gasteiger partial charge in [0.25, 0.3) is 10.1 Å². The molecule has 0 aromatic heterocycles. The molecule has 0 aromatic carbocycles. The number of carboxylic acids is 1. The summed E-state index contributed by atoms with van der Waals surface area (Å²) in [4.78, 5) is 22.1. The van der Waals surface area contributed by atoms with E-state index in [0.717, 1.165) is 19.3 Å². The molecule has 0 aliphatic carbocycles. The van der Waals surface area contributed by atoms with Crippen LogP contribution in [0.15, 0.2) is 0 Å². The monoisotopic (exact) mass is 422 g/mol. The molecule has 0 fully saturated rings. The molecule has 0 spiro atoms. The topological polar surface area (TPSA) is 118 Å². The van der Waals surface area contributed by atoms with Gasteiger partial charge < -0.3 is 9.84 Å². The third kappa shape index (κ3) is 16.3. The Labute approximate surface area is 187 Å². The van der Waals surface area contributed by atoms with Crippen LogP contribution in [0.4, 0.5) is 0 Å². The number of carbonyl (C=O) groups is 2. The van der Waals surface area contributed by atoms with Crippen LogP contribution in [0.5, 0.6) is 0 Å². The van der Waals surface area contributed by atoms with Gasteiger partial charge in [0.1, 0.15) is 0 Å². The van der Waals surface area contributed by atoms with Gasteiger partial charge in [0, 0.05) is 0 Å². The molecule has 0 saturated carbocycles. The van der Waals surface area contributed by atoms with Gasteiger partial charge in [-0.15, -0.1) is 0 Å². The van der Waals surface area contributed by atoms with Gasteiger partial charge in [-0.2, -0.15) is 8.42 Å². The average Bonchev–Trinajstić information content (AvgIpc) is 2.52. The summed E-state index contributed by atoms with van der Waals surface area (Å²) >= 11 is 0. The number of carboxylic acid groups (broad SMARTS) is 1. The molecule has 0 aliphatic rings. The number of ether oxygens (including phenoxy) is 1. The van der Waals surface area contributed by atoms with Gasteiger partial charge in [-0.05, 0) is 6.42 Å². The summed E-state index contributed by atoms with van der Waals surface area (Å²) in [5.74, 6) is -2.70. The standard InChI is InChI=1S/C17H32O7S.Ca.2H/c1-2-3-4-5-6-7-8-9-10-11-12-13-24-17(20)15(14-16(18)19)25(21,22)23;;;/h15H,2-14H2,1H3,(H,18,19)(H,21,22,23);;;. The van der Waals surface area contributed by atoms with Crippen LogP contribution in [-0.4, -0.2) is 79.6 Å². The van der Waals surface area contributed by atoms with E-state index >= 15 is 0 Å². The molecule has 1 atom stereocenters. The second-order valence-electron chi connectivity index (χ2n) is 6.30. The van der Waals surface area contributed by atoms with Gasteiger partial charge in [-0.25, -0.2) is 0 Å². The average molecular weight is 423 g/mol. The minimum atomic E-state index is -4.78. The van der Waals surface area contributed by atoms with Crippen LogP contribution in [-0.2, 0) is 24.4 Å². The summed E-state index contributed by atoms with van der Waals surface area (Å²) in [6, 6.07) is 0. The van der Waals surface area contributed by atoms with Crippen molar-refractivity contribution < 1.29 is 32.4 Å². The van der Waals surface area contributed by atoms with Crippen LogP contribution in [0.1, 0.15) is 84.0 Å². The predicted molar refractivity (Wildman–Crippen MR) is 104 cm³/mol. The van der Waals surface area contributed by atoms with E-state index < -0.39 is 33.7 Å². The zero-order chi connectivity index (χ0) is 19.1. The molecule has 1 unspecified atom stereocenters. The summed E-state index contributed by atoms with van der Waals surface area (Å²) in [5, 5.41) is 6.53. The van der Waals surface area contributed by atoms with Crippen molar-refractivity contribution in [1.29, 1.82) is 0 Å². The Morgan fingerprint density at radius 3 is 1.69 bits per heavy atom. The molecule has 0 saturated heterocycles. The van der Waals surface area contributed by atoms with E-state index in [0.29, 0.717) is 6.42 Å². The number of hydrogen-bond donors (Lipinski definition) is 2. The number of esters is 1. The third-order valence-corrected chi connectivity index (χ3v) is 5.05. The summed E-state index contributed by atoms with van der Waals surface area (Å²) in [5.41, 5.74) is 0. The van der Waals surface area contributed by atoms with Gasteiger partial charge in [0.2, 0.25) is 0 Å². The first-order valence-corrected chi connectivity index (χ1v) is 10.6. The van der Waals surface area contributed by atoms with Crippen molar-refractivity contribution in [2.75, 3.05) is 6.61 Å². The summed E-state index contributed by atoms with van der Waals surface area (Å²) < 4.78 is 35.7. The Morgan fingerprint density at radius 1 is 0.885 bits per heavy atom. The molecule has 0 aromatic rings. The van der Waals surface area contributed by atoms with Crippen LogP contribution < -0.4 is 0 Å². The molecular weight excluding hydrogens is 388 g/mol. The first-order valence-electron chi connectivity index (χ1n) is 9.13. The Kier molecular flexibility index (Phi) is 18.8. The van der Waals surface area contributed by atoms with Crippen LogP contribution in [0.3, 0.4) is 0 Å². The van der Waals surface area contributed by atoms with E-state index in [1.54, 1.807) is 0 Å². The fourth-order valence-corrected chi connectivity index (χ4v) is 3.17. The van der Waals surface area contributed by atoms with Gasteiger partial charge in [-0.1, -0.05) is 71.1 Å². The SMILES string of the molecule is CCCCCCCCCCCCCOC(=O)C(CC(=O)O)S(=O)(=O)O.[CaH2]. The van der Waals surface area contributed by atoms with E-state index in [2.05, 4.69) is 6.92 Å². The van der Waals surface area contributed by atoms with Crippen molar-refractivity contribution in [2.45, 2.75) is 89.2 Å². The van der Waals surface area contributed by atoms with Crippen molar-refractivity contribution in [3.63, 3.8) is 0 Å². The van der Waals surface area contributed by atoms with Gasteiger partial charge in [0.15, 0.2) is 5.25 Å². The van der Waals surface area contributed by atoms with E-state index in [9.17, 15) is 18.0 Å².